The van der Waals surface area contributed by atoms with Gasteiger partial charge in [-0.15, -0.1) is 28.8 Å². The van der Waals surface area contributed by atoms with E-state index >= 15 is 0 Å². The van der Waals surface area contributed by atoms with E-state index in [2.05, 4.69) is 144 Å². The molecule has 3 aliphatic rings. The van der Waals surface area contributed by atoms with E-state index in [1.165, 1.54) is 72.0 Å². The Hall–Kier alpha value is -5.84. The number of pyridine rings is 2. The molecule has 0 spiro atoms. The smallest absolute Gasteiger partial charge is 0.503 e. The first-order valence-electron chi connectivity index (χ1n) is 20.6. The summed E-state index contributed by atoms with van der Waals surface area (Å²) < 4.78 is 9.32. The van der Waals surface area contributed by atoms with Gasteiger partial charge in [0.2, 0.25) is 0 Å². The number of hydrogen-bond acceptors (Lipinski definition) is 5. The molecule has 0 fully saturated rings. The maximum Gasteiger partial charge on any atom is 2.00 e. The summed E-state index contributed by atoms with van der Waals surface area (Å²) in [5, 5.41) is 2.39. The van der Waals surface area contributed by atoms with E-state index in [0.717, 1.165) is 46.0 Å². The van der Waals surface area contributed by atoms with Gasteiger partial charge in [-0.05, 0) is 98.0 Å². The van der Waals surface area contributed by atoms with Gasteiger partial charge < -0.3 is 19.2 Å². The van der Waals surface area contributed by atoms with Crippen molar-refractivity contribution in [2.45, 2.75) is 79.3 Å². The van der Waals surface area contributed by atoms with Crippen LogP contribution in [0.25, 0.3) is 38.9 Å². The van der Waals surface area contributed by atoms with Gasteiger partial charge in [0.1, 0.15) is 5.65 Å². The van der Waals surface area contributed by atoms with Gasteiger partial charge in [-0.2, -0.15) is 6.07 Å². The molecule has 0 bridgehead atoms. The summed E-state index contributed by atoms with van der Waals surface area (Å²) in [5.41, 5.74) is 19.1. The van der Waals surface area contributed by atoms with Crippen molar-refractivity contribution in [3.05, 3.63) is 177 Å². The predicted octanol–water partition coefficient (Wildman–Crippen LogP) is 12.1. The van der Waals surface area contributed by atoms with Crippen LogP contribution in [0.5, 0.6) is 11.5 Å². The van der Waals surface area contributed by atoms with Crippen molar-refractivity contribution >= 4 is 33.5 Å². The van der Waals surface area contributed by atoms with Gasteiger partial charge in [0, 0.05) is 40.4 Å². The first kappa shape index (κ1) is 38.4. The minimum absolute atomic E-state index is 0. The Morgan fingerprint density at radius 2 is 1.55 bits per heavy atom. The Morgan fingerprint density at radius 3 is 2.33 bits per heavy atom. The van der Waals surface area contributed by atoms with Crippen LogP contribution in [0.2, 0.25) is 0 Å². The van der Waals surface area contributed by atoms with E-state index < -0.39 is 0 Å². The Labute approximate surface area is 366 Å². The minimum atomic E-state index is -0.267. The van der Waals surface area contributed by atoms with E-state index in [1.807, 2.05) is 36.7 Å². The second-order valence-corrected chi connectivity index (χ2v) is 17.5. The monoisotopic (exact) mass is 962 g/mol. The zero-order valence-electron chi connectivity index (χ0n) is 35.1. The average molecular weight is 963 g/mol. The van der Waals surface area contributed by atoms with Crippen LogP contribution in [-0.4, -0.2) is 26.4 Å². The fourth-order valence-corrected chi connectivity index (χ4v) is 10.4. The van der Waals surface area contributed by atoms with Gasteiger partial charge in [-0.1, -0.05) is 110 Å². The van der Waals surface area contributed by atoms with Crippen molar-refractivity contribution in [2.24, 2.45) is 4.99 Å². The molecular formula is C53H45N5OPt. The van der Waals surface area contributed by atoms with Crippen LogP contribution in [0.3, 0.4) is 0 Å². The first-order valence-corrected chi connectivity index (χ1v) is 20.6. The number of anilines is 1. The van der Waals surface area contributed by atoms with E-state index in [4.69, 9.17) is 19.7 Å². The number of aromatic nitrogens is 3. The molecule has 3 aromatic heterocycles. The summed E-state index contributed by atoms with van der Waals surface area (Å²) >= 11 is 0. The van der Waals surface area contributed by atoms with Gasteiger partial charge in [0.25, 0.3) is 0 Å². The largest absolute Gasteiger partial charge is 2.00 e. The third-order valence-electron chi connectivity index (χ3n) is 13.0. The molecule has 0 unspecified atom stereocenters. The summed E-state index contributed by atoms with van der Waals surface area (Å²) in [6.07, 6.45) is 4.67. The summed E-state index contributed by atoms with van der Waals surface area (Å²) in [4.78, 5) is 17.9. The van der Waals surface area contributed by atoms with E-state index in [-0.39, 0.29) is 38.6 Å². The summed E-state index contributed by atoms with van der Waals surface area (Å²) in [5.74, 6) is 2.14. The number of benzene rings is 5. The first-order chi connectivity index (χ1) is 28.5. The average Bonchev–Trinajstić information content (AvgIpc) is 3.86. The van der Waals surface area contributed by atoms with Crippen LogP contribution in [-0.2, 0) is 32.9 Å². The molecule has 5 heterocycles. The van der Waals surface area contributed by atoms with Gasteiger partial charge in [-0.25, -0.2) is 4.98 Å². The second kappa shape index (κ2) is 13.9. The van der Waals surface area contributed by atoms with Crippen LogP contribution >= 0.6 is 0 Å². The molecular weight excluding hydrogens is 918 g/mol. The zero-order valence-corrected chi connectivity index (χ0v) is 37.4. The van der Waals surface area contributed by atoms with Gasteiger partial charge in [0.15, 0.2) is 0 Å². The topological polar surface area (TPSA) is 55.5 Å². The zero-order chi connectivity index (χ0) is 40.5. The van der Waals surface area contributed by atoms with Crippen LogP contribution in [0, 0.1) is 53.7 Å². The molecule has 60 heavy (non-hydrogen) atoms. The van der Waals surface area contributed by atoms with Gasteiger partial charge in [0.05, 0.1) is 29.1 Å². The Morgan fingerprint density at radius 1 is 0.733 bits per heavy atom. The molecule has 2 aliphatic heterocycles. The number of amidine groups is 1. The molecule has 1 aliphatic carbocycles. The quantitative estimate of drug-likeness (QED) is 0.161. The summed E-state index contributed by atoms with van der Waals surface area (Å²) in [6, 6.07) is 40.4. The van der Waals surface area contributed by atoms with E-state index in [9.17, 15) is 0 Å². The van der Waals surface area contributed by atoms with Crippen molar-refractivity contribution in [1.82, 2.24) is 14.5 Å². The standard InChI is InChI=1S/C53H45N5O.Pt/c1-29-15-16-39-35(22-29)27-45-48(39)56-51(58(45)49-33(5)20-30(2)21-34(49)6)37-24-36(43-14-9-10-18-54-43)25-38(26-37)59-46-28-44-42(23-32(46)4)53(7,8)41-13-11-12-40-47-31(3)17-19-55-52(47)57(44)50(40)41;/h9-25,45,48H,27H2,1-8H3;/q-2;+2/t45-,48+;/m0./s1. The fourth-order valence-electron chi connectivity index (χ4n) is 10.4. The molecule has 0 radical (unpaired) electrons. The molecule has 11 rings (SSSR count). The van der Waals surface area contributed by atoms with E-state index in [1.54, 1.807) is 0 Å². The molecule has 298 valence electrons. The van der Waals surface area contributed by atoms with Crippen LogP contribution in [0.4, 0.5) is 5.69 Å². The molecule has 7 heteroatoms. The van der Waals surface area contributed by atoms with Crippen LogP contribution in [0.1, 0.15) is 81.1 Å². The third kappa shape index (κ3) is 5.67. The molecule has 6 nitrogen and oxygen atoms in total. The number of ether oxygens (including phenoxy) is 1. The van der Waals surface area contributed by atoms with Crippen molar-refractivity contribution in [2.75, 3.05) is 4.90 Å². The van der Waals surface area contributed by atoms with E-state index in [0.29, 0.717) is 11.5 Å². The Bertz CT molecular complexity index is 3100. The minimum Gasteiger partial charge on any atom is -0.503 e. The summed E-state index contributed by atoms with van der Waals surface area (Å²) in [6.45, 7) is 17.7. The number of nitrogens with zero attached hydrogens (tertiary/aromatic N) is 5. The van der Waals surface area contributed by atoms with Crippen molar-refractivity contribution in [3.63, 3.8) is 0 Å². The molecule has 0 N–H and O–H groups in total. The molecule has 2 atom stereocenters. The maximum absolute atomic E-state index is 7.02. The maximum atomic E-state index is 7.02. The number of hydrogen-bond donors (Lipinski definition) is 0. The number of para-hydroxylation sites is 1. The Kier molecular flexibility index (Phi) is 8.86. The van der Waals surface area contributed by atoms with Crippen molar-refractivity contribution in [1.29, 1.82) is 0 Å². The second-order valence-electron chi connectivity index (χ2n) is 17.5. The number of aryl methyl sites for hydroxylation is 6. The van der Waals surface area contributed by atoms with Gasteiger partial charge >= 0.3 is 21.1 Å². The van der Waals surface area contributed by atoms with Crippen LogP contribution < -0.4 is 9.64 Å². The number of fused-ring (bicyclic) bond motifs is 8. The number of rotatable bonds is 5. The molecule has 8 aromatic rings. The SMILES string of the molecule is Cc1cc(C)c(N2C(c3[c-]c(Oc4[c-]c5c(cc4C)C(C)(C)c4cccc6c7c(C)ccnc7n-5c46)cc(-c4ccccn4)c3)=N[C@@H]3c4ccc(C)cc4C[C@@H]32)c(C)c1.[Pt+2]. The fraction of sp³-hybridized carbons (Fsp3) is 0.226. The normalized spacial score (nSPS) is 17.0. The predicted molar refractivity (Wildman–Crippen MR) is 239 cm³/mol. The van der Waals surface area contributed by atoms with Crippen molar-refractivity contribution in [3.8, 4) is 28.4 Å². The summed E-state index contributed by atoms with van der Waals surface area (Å²) in [7, 11) is 0. The van der Waals surface area contributed by atoms with Gasteiger partial charge in [-0.3, -0.25) is 4.98 Å². The van der Waals surface area contributed by atoms with Crippen molar-refractivity contribution < 1.29 is 25.8 Å². The molecule has 5 aromatic carbocycles. The third-order valence-corrected chi connectivity index (χ3v) is 13.0. The molecule has 0 saturated carbocycles. The number of aliphatic imine (C=N–C) groups is 1. The Balaban J connectivity index is 0.00000433. The van der Waals surface area contributed by atoms with Crippen LogP contribution in [0.15, 0.2) is 108 Å². The molecule has 0 saturated heterocycles. The molecule has 0 amide bonds.